The van der Waals surface area contributed by atoms with Crippen LogP contribution in [-0.4, -0.2) is 19.1 Å². The number of fused-ring (bicyclic) bond motifs is 1. The van der Waals surface area contributed by atoms with E-state index < -0.39 is 0 Å². The van der Waals surface area contributed by atoms with E-state index in [0.29, 0.717) is 32.7 Å². The van der Waals surface area contributed by atoms with Gasteiger partial charge in [0.25, 0.3) is 0 Å². The molecule has 0 fully saturated rings. The third-order valence-electron chi connectivity index (χ3n) is 4.75. The lowest BCUT2D eigenvalue weighted by Crippen LogP contribution is -2.24. The van der Waals surface area contributed by atoms with E-state index in [1.807, 2.05) is 72.8 Å². The van der Waals surface area contributed by atoms with Crippen LogP contribution in [0.4, 0.5) is 5.69 Å². The minimum absolute atomic E-state index is 0.0193. The molecule has 3 aromatic rings. The lowest BCUT2D eigenvalue weighted by atomic mass is 10.1. The Morgan fingerprint density at radius 1 is 0.759 bits per heavy atom. The Bertz CT molecular complexity index is 956. The topological polar surface area (TPSA) is 59.6 Å². The van der Waals surface area contributed by atoms with Gasteiger partial charge in [0.2, 0.25) is 5.91 Å². The molecule has 148 valence electrons. The fourth-order valence-electron chi connectivity index (χ4n) is 3.19. The highest BCUT2D eigenvalue weighted by Crippen LogP contribution is 2.30. The number of rotatable bonds is 7. The number of hydrogen-bond donors (Lipinski definition) is 2. The van der Waals surface area contributed by atoms with Crippen molar-refractivity contribution < 1.29 is 14.3 Å². The van der Waals surface area contributed by atoms with Crippen molar-refractivity contribution in [3.05, 3.63) is 89.5 Å². The van der Waals surface area contributed by atoms with Crippen molar-refractivity contribution in [2.24, 2.45) is 0 Å². The first-order chi connectivity index (χ1) is 14.3. The van der Waals surface area contributed by atoms with Crippen molar-refractivity contribution in [3.8, 4) is 11.5 Å². The molecule has 5 nitrogen and oxygen atoms in total. The lowest BCUT2D eigenvalue weighted by Gasteiger charge is -2.19. The van der Waals surface area contributed by atoms with Gasteiger partial charge in [0.15, 0.2) is 11.5 Å². The van der Waals surface area contributed by atoms with Gasteiger partial charge in [-0.3, -0.25) is 4.79 Å². The molecule has 0 saturated heterocycles. The summed E-state index contributed by atoms with van der Waals surface area (Å²) >= 11 is 0. The standard InChI is InChI=1S/C24H24N2O3/c27-24(26-16-19-4-2-1-3-5-19)15-18-6-9-21(10-7-18)25-17-20-8-11-22-23(14-20)29-13-12-28-22/h1-11,14,25H,12-13,15-17H2,(H,26,27). The van der Waals surface area contributed by atoms with Gasteiger partial charge in [-0.15, -0.1) is 0 Å². The van der Waals surface area contributed by atoms with Gasteiger partial charge in [-0.05, 0) is 41.0 Å². The van der Waals surface area contributed by atoms with E-state index in [0.717, 1.165) is 33.9 Å². The van der Waals surface area contributed by atoms with Crippen LogP contribution in [0.2, 0.25) is 0 Å². The average Bonchev–Trinajstić information content (AvgIpc) is 2.78. The van der Waals surface area contributed by atoms with E-state index in [1.165, 1.54) is 0 Å². The molecule has 0 aliphatic carbocycles. The Morgan fingerprint density at radius 3 is 2.28 bits per heavy atom. The second kappa shape index (κ2) is 9.15. The van der Waals surface area contributed by atoms with Crippen molar-refractivity contribution in [1.29, 1.82) is 0 Å². The summed E-state index contributed by atoms with van der Waals surface area (Å²) in [5.41, 5.74) is 4.21. The van der Waals surface area contributed by atoms with E-state index in [1.54, 1.807) is 0 Å². The summed E-state index contributed by atoms with van der Waals surface area (Å²) in [5.74, 6) is 1.62. The predicted octanol–water partition coefficient (Wildman–Crippen LogP) is 3.93. The van der Waals surface area contributed by atoms with E-state index >= 15 is 0 Å². The van der Waals surface area contributed by atoms with Crippen molar-refractivity contribution in [2.45, 2.75) is 19.5 Å². The summed E-state index contributed by atoms with van der Waals surface area (Å²) in [7, 11) is 0. The molecule has 1 heterocycles. The number of nitrogens with one attached hydrogen (secondary N) is 2. The quantitative estimate of drug-likeness (QED) is 0.644. The van der Waals surface area contributed by atoms with Crippen LogP contribution in [-0.2, 0) is 24.3 Å². The van der Waals surface area contributed by atoms with Crippen molar-refractivity contribution >= 4 is 11.6 Å². The summed E-state index contributed by atoms with van der Waals surface area (Å²) in [6, 6.07) is 23.9. The van der Waals surface area contributed by atoms with Crippen LogP contribution in [0, 0.1) is 0 Å². The molecule has 0 bridgehead atoms. The molecule has 0 aromatic heterocycles. The maximum atomic E-state index is 12.2. The number of anilines is 1. The fraction of sp³-hybridized carbons (Fsp3) is 0.208. The first-order valence-corrected chi connectivity index (χ1v) is 9.78. The van der Waals surface area contributed by atoms with Gasteiger partial charge in [0, 0.05) is 18.8 Å². The van der Waals surface area contributed by atoms with E-state index in [-0.39, 0.29) is 5.91 Å². The second-order valence-electron chi connectivity index (χ2n) is 6.97. The molecule has 1 aliphatic heterocycles. The number of amides is 1. The summed E-state index contributed by atoms with van der Waals surface area (Å²) in [6.07, 6.45) is 0.370. The van der Waals surface area contributed by atoms with Crippen LogP contribution in [0.25, 0.3) is 0 Å². The minimum Gasteiger partial charge on any atom is -0.486 e. The molecule has 4 rings (SSSR count). The zero-order valence-electron chi connectivity index (χ0n) is 16.2. The van der Waals surface area contributed by atoms with Crippen molar-refractivity contribution in [3.63, 3.8) is 0 Å². The van der Waals surface area contributed by atoms with E-state index in [9.17, 15) is 4.79 Å². The number of benzene rings is 3. The molecule has 0 unspecified atom stereocenters. The maximum Gasteiger partial charge on any atom is 0.224 e. The van der Waals surface area contributed by atoms with Gasteiger partial charge in [0.05, 0.1) is 6.42 Å². The minimum atomic E-state index is 0.0193. The van der Waals surface area contributed by atoms with Crippen LogP contribution in [0.1, 0.15) is 16.7 Å². The SMILES string of the molecule is O=C(Cc1ccc(NCc2ccc3c(c2)OCCO3)cc1)NCc1ccccc1. The Morgan fingerprint density at radius 2 is 1.48 bits per heavy atom. The summed E-state index contributed by atoms with van der Waals surface area (Å²) in [6.45, 7) is 2.42. The third-order valence-corrected chi connectivity index (χ3v) is 4.75. The van der Waals surface area contributed by atoms with Crippen LogP contribution in [0.5, 0.6) is 11.5 Å². The summed E-state index contributed by atoms with van der Waals surface area (Å²) in [5, 5.41) is 6.35. The van der Waals surface area contributed by atoms with Gasteiger partial charge in [-0.2, -0.15) is 0 Å². The molecule has 0 saturated carbocycles. The van der Waals surface area contributed by atoms with Gasteiger partial charge in [-0.25, -0.2) is 0 Å². The molecule has 5 heteroatoms. The maximum absolute atomic E-state index is 12.2. The molecule has 0 spiro atoms. The van der Waals surface area contributed by atoms with Crippen molar-refractivity contribution in [1.82, 2.24) is 5.32 Å². The monoisotopic (exact) mass is 388 g/mol. The molecule has 29 heavy (non-hydrogen) atoms. The third kappa shape index (κ3) is 5.29. The number of carbonyl (C=O) groups excluding carboxylic acids is 1. The number of hydrogen-bond acceptors (Lipinski definition) is 4. The molecular formula is C24H24N2O3. The van der Waals surface area contributed by atoms with E-state index in [2.05, 4.69) is 10.6 Å². The highest BCUT2D eigenvalue weighted by Gasteiger charge is 2.11. The Balaban J connectivity index is 1.26. The van der Waals surface area contributed by atoms with Gasteiger partial charge in [0.1, 0.15) is 13.2 Å². The Labute approximate surface area is 170 Å². The first-order valence-electron chi connectivity index (χ1n) is 9.78. The number of ether oxygens (including phenoxy) is 2. The second-order valence-corrected chi connectivity index (χ2v) is 6.97. The normalized spacial score (nSPS) is 12.3. The highest BCUT2D eigenvalue weighted by atomic mass is 16.6. The molecule has 2 N–H and O–H groups in total. The smallest absolute Gasteiger partial charge is 0.224 e. The van der Waals surface area contributed by atoms with Crippen LogP contribution in [0.15, 0.2) is 72.8 Å². The average molecular weight is 388 g/mol. The molecular weight excluding hydrogens is 364 g/mol. The zero-order valence-corrected chi connectivity index (χ0v) is 16.2. The Kier molecular flexibility index (Phi) is 5.95. The van der Waals surface area contributed by atoms with Crippen molar-refractivity contribution in [2.75, 3.05) is 18.5 Å². The summed E-state index contributed by atoms with van der Waals surface area (Å²) < 4.78 is 11.2. The molecule has 0 radical (unpaired) electrons. The molecule has 1 amide bonds. The van der Waals surface area contributed by atoms with E-state index in [4.69, 9.17) is 9.47 Å². The van der Waals surface area contributed by atoms with Gasteiger partial charge < -0.3 is 20.1 Å². The van der Waals surface area contributed by atoms with Crippen LogP contribution >= 0.6 is 0 Å². The zero-order chi connectivity index (χ0) is 19.9. The number of carbonyl (C=O) groups is 1. The lowest BCUT2D eigenvalue weighted by molar-refractivity contribution is -0.120. The van der Waals surface area contributed by atoms with Crippen LogP contribution < -0.4 is 20.1 Å². The first kappa shape index (κ1) is 18.9. The summed E-state index contributed by atoms with van der Waals surface area (Å²) in [4.78, 5) is 12.2. The molecule has 3 aromatic carbocycles. The molecule has 0 atom stereocenters. The van der Waals surface area contributed by atoms with Crippen LogP contribution in [0.3, 0.4) is 0 Å². The fourth-order valence-corrected chi connectivity index (χ4v) is 3.19. The highest BCUT2D eigenvalue weighted by molar-refractivity contribution is 5.78. The Hall–Kier alpha value is -3.47. The van der Waals surface area contributed by atoms with Gasteiger partial charge >= 0.3 is 0 Å². The molecule has 1 aliphatic rings. The largest absolute Gasteiger partial charge is 0.486 e. The van der Waals surface area contributed by atoms with Gasteiger partial charge in [-0.1, -0.05) is 48.5 Å². The predicted molar refractivity (Wildman–Crippen MR) is 113 cm³/mol.